The minimum absolute atomic E-state index is 0.0695. The smallest absolute Gasteiger partial charge is 0.253 e. The van der Waals surface area contributed by atoms with E-state index in [1.54, 1.807) is 11.2 Å². The Balaban J connectivity index is 1.51. The highest BCUT2D eigenvalue weighted by Gasteiger charge is 2.24. The zero-order valence-corrected chi connectivity index (χ0v) is 15.5. The number of halogens is 2. The predicted molar refractivity (Wildman–Crippen MR) is 102 cm³/mol. The summed E-state index contributed by atoms with van der Waals surface area (Å²) in [5, 5.41) is 0.986. The molecule has 0 spiro atoms. The van der Waals surface area contributed by atoms with E-state index in [1.165, 1.54) is 24.3 Å². The monoisotopic (exact) mass is 414 g/mol. The average molecular weight is 415 g/mol. The molecule has 5 nitrogen and oxygen atoms in total. The van der Waals surface area contributed by atoms with Crippen LogP contribution in [0.2, 0.25) is 0 Å². The topological polar surface area (TPSA) is 49.3 Å². The van der Waals surface area contributed by atoms with Crippen LogP contribution in [0.15, 0.2) is 53.3 Å². The van der Waals surface area contributed by atoms with Crippen LogP contribution in [0, 0.1) is 5.82 Å². The van der Waals surface area contributed by atoms with Gasteiger partial charge in [-0.1, -0.05) is 15.9 Å². The number of anilines is 1. The zero-order chi connectivity index (χ0) is 18.1. The van der Waals surface area contributed by atoms with Crippen molar-refractivity contribution in [2.45, 2.75) is 0 Å². The highest BCUT2D eigenvalue weighted by molar-refractivity contribution is 9.10. The number of hydrogen-bond acceptors (Lipinski definition) is 4. The van der Waals surface area contributed by atoms with Crippen molar-refractivity contribution >= 4 is 38.6 Å². The van der Waals surface area contributed by atoms with Crippen LogP contribution < -0.4 is 4.90 Å². The second-order valence-corrected chi connectivity index (χ2v) is 7.06. The number of benzene rings is 2. The molecule has 1 amide bonds. The van der Waals surface area contributed by atoms with E-state index in [0.717, 1.165) is 21.2 Å². The molecule has 2 heterocycles. The number of nitrogens with zero attached hydrogens (tertiary/aromatic N) is 4. The van der Waals surface area contributed by atoms with Crippen molar-refractivity contribution < 1.29 is 9.18 Å². The molecule has 0 N–H and O–H groups in total. The quantitative estimate of drug-likeness (QED) is 0.643. The summed E-state index contributed by atoms with van der Waals surface area (Å²) in [5.41, 5.74) is 1.40. The maximum Gasteiger partial charge on any atom is 0.253 e. The van der Waals surface area contributed by atoms with E-state index in [4.69, 9.17) is 0 Å². The molecule has 0 radical (unpaired) electrons. The minimum Gasteiger partial charge on any atom is -0.352 e. The average Bonchev–Trinajstić information content (AvgIpc) is 2.68. The first-order valence-electron chi connectivity index (χ1n) is 8.32. The lowest BCUT2D eigenvalue weighted by Gasteiger charge is -2.35. The lowest BCUT2D eigenvalue weighted by Crippen LogP contribution is -2.49. The van der Waals surface area contributed by atoms with Gasteiger partial charge in [0.2, 0.25) is 0 Å². The van der Waals surface area contributed by atoms with Gasteiger partial charge in [0.1, 0.15) is 18.0 Å². The number of fused-ring (bicyclic) bond motifs is 1. The first-order chi connectivity index (χ1) is 12.6. The highest BCUT2D eigenvalue weighted by Crippen LogP contribution is 2.27. The van der Waals surface area contributed by atoms with E-state index in [0.29, 0.717) is 31.7 Å². The van der Waals surface area contributed by atoms with Crippen molar-refractivity contribution in [3.8, 4) is 0 Å². The number of aromatic nitrogens is 2. The van der Waals surface area contributed by atoms with E-state index in [1.807, 2.05) is 18.2 Å². The highest BCUT2D eigenvalue weighted by atomic mass is 79.9. The fourth-order valence-corrected chi connectivity index (χ4v) is 3.52. The van der Waals surface area contributed by atoms with Crippen molar-refractivity contribution in [3.05, 3.63) is 64.6 Å². The van der Waals surface area contributed by atoms with Crippen molar-refractivity contribution in [1.82, 2.24) is 14.9 Å². The van der Waals surface area contributed by atoms with E-state index in [2.05, 4.69) is 30.8 Å². The second-order valence-electron chi connectivity index (χ2n) is 6.14. The minimum atomic E-state index is -0.340. The van der Waals surface area contributed by atoms with Crippen LogP contribution in [0.1, 0.15) is 10.4 Å². The van der Waals surface area contributed by atoms with Crippen molar-refractivity contribution in [1.29, 1.82) is 0 Å². The Labute approximate surface area is 158 Å². The van der Waals surface area contributed by atoms with Crippen LogP contribution in [-0.4, -0.2) is 47.0 Å². The SMILES string of the molecule is O=C(c1ccc(F)cc1)N1CCN(c2ncnc3ccc(Br)cc23)CC1. The number of piperazine rings is 1. The molecule has 0 unspecified atom stereocenters. The maximum absolute atomic E-state index is 13.0. The lowest BCUT2D eigenvalue weighted by atomic mass is 10.1. The van der Waals surface area contributed by atoms with Gasteiger partial charge in [-0.25, -0.2) is 14.4 Å². The molecule has 132 valence electrons. The molecule has 0 atom stereocenters. The van der Waals surface area contributed by atoms with Gasteiger partial charge in [0, 0.05) is 41.6 Å². The first kappa shape index (κ1) is 16.9. The second kappa shape index (κ2) is 6.99. The van der Waals surface area contributed by atoms with Crippen LogP contribution in [0.4, 0.5) is 10.2 Å². The van der Waals surface area contributed by atoms with Crippen LogP contribution in [0.25, 0.3) is 10.9 Å². The Morgan fingerprint density at radius 1 is 1.00 bits per heavy atom. The molecule has 7 heteroatoms. The van der Waals surface area contributed by atoms with Crippen LogP contribution in [0.3, 0.4) is 0 Å². The summed E-state index contributed by atoms with van der Waals surface area (Å²) in [7, 11) is 0. The Kier molecular flexibility index (Phi) is 4.55. The maximum atomic E-state index is 13.0. The number of rotatable bonds is 2. The zero-order valence-electron chi connectivity index (χ0n) is 13.9. The summed E-state index contributed by atoms with van der Waals surface area (Å²) in [4.78, 5) is 25.3. The van der Waals surface area contributed by atoms with Gasteiger partial charge in [-0.05, 0) is 42.5 Å². The summed E-state index contributed by atoms with van der Waals surface area (Å²) in [5.74, 6) is 0.471. The van der Waals surface area contributed by atoms with E-state index in [9.17, 15) is 9.18 Å². The molecule has 4 rings (SSSR count). The molecule has 3 aromatic rings. The third-order valence-electron chi connectivity index (χ3n) is 4.53. The Morgan fingerprint density at radius 2 is 1.73 bits per heavy atom. The molecule has 1 aliphatic rings. The van der Waals surface area contributed by atoms with Gasteiger partial charge >= 0.3 is 0 Å². The van der Waals surface area contributed by atoms with Crippen molar-refractivity contribution in [2.75, 3.05) is 31.1 Å². The van der Waals surface area contributed by atoms with E-state index >= 15 is 0 Å². The van der Waals surface area contributed by atoms with Crippen LogP contribution >= 0.6 is 15.9 Å². The molecular formula is C19H16BrFN4O. The summed E-state index contributed by atoms with van der Waals surface area (Å²) < 4.78 is 14.0. The van der Waals surface area contributed by atoms with Gasteiger partial charge in [-0.2, -0.15) is 0 Å². The molecule has 1 aromatic heterocycles. The van der Waals surface area contributed by atoms with Crippen molar-refractivity contribution in [2.24, 2.45) is 0 Å². The number of hydrogen-bond donors (Lipinski definition) is 0. The predicted octanol–water partition coefficient (Wildman–Crippen LogP) is 3.49. The molecule has 1 aliphatic heterocycles. The van der Waals surface area contributed by atoms with Gasteiger partial charge < -0.3 is 9.80 Å². The Hall–Kier alpha value is -2.54. The summed E-state index contributed by atoms with van der Waals surface area (Å²) in [6, 6.07) is 11.6. The van der Waals surface area contributed by atoms with Gasteiger partial charge in [0.15, 0.2) is 0 Å². The van der Waals surface area contributed by atoms with Gasteiger partial charge in [0.25, 0.3) is 5.91 Å². The Bertz CT molecular complexity index is 955. The molecule has 0 bridgehead atoms. The number of carbonyl (C=O) groups excluding carboxylic acids is 1. The van der Waals surface area contributed by atoms with Crippen LogP contribution in [-0.2, 0) is 0 Å². The third kappa shape index (κ3) is 3.26. The molecule has 0 saturated carbocycles. The molecule has 0 aliphatic carbocycles. The molecule has 2 aromatic carbocycles. The third-order valence-corrected chi connectivity index (χ3v) is 5.03. The molecule has 26 heavy (non-hydrogen) atoms. The molecular weight excluding hydrogens is 399 g/mol. The van der Waals surface area contributed by atoms with E-state index < -0.39 is 0 Å². The largest absolute Gasteiger partial charge is 0.352 e. The fourth-order valence-electron chi connectivity index (χ4n) is 3.16. The normalized spacial score (nSPS) is 14.7. The summed E-state index contributed by atoms with van der Waals surface area (Å²) in [6.07, 6.45) is 1.57. The van der Waals surface area contributed by atoms with E-state index in [-0.39, 0.29) is 11.7 Å². The van der Waals surface area contributed by atoms with Gasteiger partial charge in [0.05, 0.1) is 5.52 Å². The summed E-state index contributed by atoms with van der Waals surface area (Å²) in [6.45, 7) is 2.56. The fraction of sp³-hybridized carbons (Fsp3) is 0.211. The standard InChI is InChI=1S/C19H16BrFN4O/c20-14-3-6-17-16(11-14)18(23-12-22-17)24-7-9-25(10-8-24)19(26)13-1-4-15(21)5-2-13/h1-6,11-12H,7-10H2. The Morgan fingerprint density at radius 3 is 2.46 bits per heavy atom. The number of amides is 1. The lowest BCUT2D eigenvalue weighted by molar-refractivity contribution is 0.0746. The molecule has 1 fully saturated rings. The molecule has 1 saturated heterocycles. The number of carbonyl (C=O) groups is 1. The van der Waals surface area contributed by atoms with Crippen molar-refractivity contribution in [3.63, 3.8) is 0 Å². The van der Waals surface area contributed by atoms with Gasteiger partial charge in [-0.3, -0.25) is 4.79 Å². The first-order valence-corrected chi connectivity index (χ1v) is 9.11. The summed E-state index contributed by atoms with van der Waals surface area (Å²) >= 11 is 3.50. The van der Waals surface area contributed by atoms with Gasteiger partial charge in [-0.15, -0.1) is 0 Å². The van der Waals surface area contributed by atoms with Crippen LogP contribution in [0.5, 0.6) is 0 Å².